The molecule has 0 aliphatic carbocycles. The highest BCUT2D eigenvalue weighted by Gasteiger charge is 2.20. The lowest BCUT2D eigenvalue weighted by Crippen LogP contribution is -2.28. The molecule has 2 aromatic heterocycles. The zero-order chi connectivity index (χ0) is 21.0. The summed E-state index contributed by atoms with van der Waals surface area (Å²) in [6.45, 7) is 8.48. The Morgan fingerprint density at radius 3 is 2.66 bits per heavy atom. The minimum atomic E-state index is 0.413. The van der Waals surface area contributed by atoms with E-state index in [9.17, 15) is 0 Å². The molecular formula is C22H35N7. The summed E-state index contributed by atoms with van der Waals surface area (Å²) in [6, 6.07) is 2.17. The molecule has 29 heavy (non-hydrogen) atoms. The Hall–Kier alpha value is -2.28. The topological polar surface area (TPSA) is 61.9 Å². The van der Waals surface area contributed by atoms with E-state index < -0.39 is 0 Å². The quantitative estimate of drug-likeness (QED) is 0.680. The minimum Gasteiger partial charge on any atom is -0.366 e. The lowest BCUT2D eigenvalue weighted by molar-refractivity contribution is 0.301. The molecule has 3 heterocycles. The van der Waals surface area contributed by atoms with Crippen molar-refractivity contribution in [2.24, 2.45) is 4.99 Å². The molecule has 7 heteroatoms. The van der Waals surface area contributed by atoms with Crippen LogP contribution in [0, 0.1) is 6.92 Å². The van der Waals surface area contributed by atoms with Crippen molar-refractivity contribution in [3.63, 3.8) is 0 Å². The Morgan fingerprint density at radius 1 is 1.17 bits per heavy atom. The van der Waals surface area contributed by atoms with E-state index in [1.54, 1.807) is 6.33 Å². The number of aromatic nitrogens is 4. The number of aryl methyl sites for hydroxylation is 1. The highest BCUT2D eigenvalue weighted by atomic mass is 15.3. The highest BCUT2D eigenvalue weighted by Crippen LogP contribution is 2.25. The van der Waals surface area contributed by atoms with Gasteiger partial charge in [-0.05, 0) is 51.8 Å². The number of aliphatic imine (C=N–C) groups is 1. The number of fused-ring (bicyclic) bond motifs is 1. The maximum atomic E-state index is 4.80. The molecule has 0 radical (unpaired) electrons. The smallest absolute Gasteiger partial charge is 0.252 e. The largest absolute Gasteiger partial charge is 0.366 e. The second kappa shape index (κ2) is 9.48. The number of likely N-dealkylation sites (N-methyl/N-ethyl adjacent to an activating group) is 1. The molecule has 1 aliphatic rings. The van der Waals surface area contributed by atoms with Crippen LogP contribution in [-0.2, 0) is 0 Å². The number of hydrogen-bond acceptors (Lipinski definition) is 6. The molecule has 1 aliphatic heterocycles. The van der Waals surface area contributed by atoms with Crippen LogP contribution in [0.5, 0.6) is 0 Å². The Morgan fingerprint density at radius 2 is 1.97 bits per heavy atom. The molecule has 0 bridgehead atoms. The SMILES string of the molecule is CCCC(CN(C)CCC1=C(C)N=C(N(C)C)CC1)c1cc(C)nc2ncnn12. The Balaban J connectivity index is 1.68. The predicted molar refractivity (Wildman–Crippen MR) is 118 cm³/mol. The summed E-state index contributed by atoms with van der Waals surface area (Å²) >= 11 is 0. The number of amidine groups is 1. The summed E-state index contributed by atoms with van der Waals surface area (Å²) < 4.78 is 1.91. The van der Waals surface area contributed by atoms with E-state index in [1.165, 1.54) is 22.8 Å². The first kappa shape index (κ1) is 21.4. The number of nitrogens with zero attached hydrogens (tertiary/aromatic N) is 7. The third kappa shape index (κ3) is 5.21. The normalized spacial score (nSPS) is 15.9. The first-order valence-electron chi connectivity index (χ1n) is 10.7. The third-order valence-corrected chi connectivity index (χ3v) is 5.77. The monoisotopic (exact) mass is 397 g/mol. The van der Waals surface area contributed by atoms with Crippen molar-refractivity contribution in [1.29, 1.82) is 0 Å². The maximum absolute atomic E-state index is 4.80. The van der Waals surface area contributed by atoms with Crippen molar-refractivity contribution in [3.05, 3.63) is 35.1 Å². The van der Waals surface area contributed by atoms with Crippen molar-refractivity contribution >= 4 is 11.6 Å². The first-order valence-corrected chi connectivity index (χ1v) is 10.7. The molecule has 2 aromatic rings. The fourth-order valence-electron chi connectivity index (χ4n) is 4.13. The summed E-state index contributed by atoms with van der Waals surface area (Å²) in [5.41, 5.74) is 4.91. The molecular weight excluding hydrogens is 362 g/mol. The van der Waals surface area contributed by atoms with Gasteiger partial charge in [0.15, 0.2) is 0 Å². The van der Waals surface area contributed by atoms with Crippen molar-refractivity contribution in [3.8, 4) is 0 Å². The zero-order valence-electron chi connectivity index (χ0n) is 18.8. The lowest BCUT2D eigenvalue weighted by Gasteiger charge is -2.26. The average Bonchev–Trinajstić information content (AvgIpc) is 3.14. The molecule has 0 spiro atoms. The van der Waals surface area contributed by atoms with Crippen LogP contribution >= 0.6 is 0 Å². The molecule has 1 unspecified atom stereocenters. The van der Waals surface area contributed by atoms with Gasteiger partial charge in [-0.25, -0.2) is 14.5 Å². The number of rotatable bonds is 8. The van der Waals surface area contributed by atoms with Crippen LogP contribution < -0.4 is 0 Å². The molecule has 0 saturated carbocycles. The van der Waals surface area contributed by atoms with Crippen molar-refractivity contribution in [1.82, 2.24) is 29.4 Å². The predicted octanol–water partition coefficient (Wildman–Crippen LogP) is 3.67. The van der Waals surface area contributed by atoms with Gasteiger partial charge >= 0.3 is 0 Å². The van der Waals surface area contributed by atoms with Crippen LogP contribution in [0.1, 0.15) is 63.3 Å². The van der Waals surface area contributed by atoms with E-state index in [2.05, 4.69) is 65.9 Å². The molecule has 158 valence electrons. The van der Waals surface area contributed by atoms with Crippen LogP contribution in [0.4, 0.5) is 0 Å². The summed E-state index contributed by atoms with van der Waals surface area (Å²) in [5, 5.41) is 4.42. The molecule has 0 fully saturated rings. The van der Waals surface area contributed by atoms with E-state index in [-0.39, 0.29) is 0 Å². The minimum absolute atomic E-state index is 0.413. The van der Waals surface area contributed by atoms with Gasteiger partial charge in [0, 0.05) is 50.9 Å². The van der Waals surface area contributed by atoms with Gasteiger partial charge in [-0.1, -0.05) is 13.3 Å². The van der Waals surface area contributed by atoms with E-state index in [0.29, 0.717) is 11.7 Å². The Labute approximate surface area is 174 Å². The van der Waals surface area contributed by atoms with Gasteiger partial charge in [0.05, 0.1) is 5.69 Å². The number of allylic oxidation sites excluding steroid dienone is 1. The summed E-state index contributed by atoms with van der Waals surface area (Å²) in [7, 11) is 6.37. The number of hydrogen-bond donors (Lipinski definition) is 0. The van der Waals surface area contributed by atoms with E-state index in [1.807, 2.05) is 11.4 Å². The average molecular weight is 398 g/mol. The molecule has 0 amide bonds. The Bertz CT molecular complexity index is 894. The van der Waals surface area contributed by atoms with Gasteiger partial charge < -0.3 is 9.80 Å². The summed E-state index contributed by atoms with van der Waals surface area (Å²) in [6.07, 6.45) is 7.11. The fourth-order valence-corrected chi connectivity index (χ4v) is 4.13. The molecule has 0 N–H and O–H groups in total. The highest BCUT2D eigenvalue weighted by molar-refractivity contribution is 5.84. The third-order valence-electron chi connectivity index (χ3n) is 5.77. The van der Waals surface area contributed by atoms with E-state index >= 15 is 0 Å². The first-order chi connectivity index (χ1) is 13.9. The fraction of sp³-hybridized carbons (Fsp3) is 0.636. The van der Waals surface area contributed by atoms with E-state index in [0.717, 1.165) is 50.9 Å². The van der Waals surface area contributed by atoms with Gasteiger partial charge in [-0.2, -0.15) is 10.1 Å². The second-order valence-corrected chi connectivity index (χ2v) is 8.40. The van der Waals surface area contributed by atoms with E-state index in [4.69, 9.17) is 4.99 Å². The molecule has 3 rings (SSSR count). The molecule has 0 saturated heterocycles. The van der Waals surface area contributed by atoms with Crippen molar-refractivity contribution in [2.45, 2.75) is 58.8 Å². The molecule has 1 atom stereocenters. The molecule has 7 nitrogen and oxygen atoms in total. The lowest BCUT2D eigenvalue weighted by atomic mass is 9.97. The van der Waals surface area contributed by atoms with Gasteiger partial charge in [-0.15, -0.1) is 0 Å². The summed E-state index contributed by atoms with van der Waals surface area (Å²) in [5.74, 6) is 2.30. The van der Waals surface area contributed by atoms with Crippen LogP contribution in [0.25, 0.3) is 5.78 Å². The second-order valence-electron chi connectivity index (χ2n) is 8.40. The maximum Gasteiger partial charge on any atom is 0.252 e. The van der Waals surface area contributed by atoms with Crippen LogP contribution in [-0.4, -0.2) is 69.5 Å². The van der Waals surface area contributed by atoms with Crippen LogP contribution in [0.3, 0.4) is 0 Å². The summed E-state index contributed by atoms with van der Waals surface area (Å²) in [4.78, 5) is 18.2. The van der Waals surface area contributed by atoms with Gasteiger partial charge in [0.25, 0.3) is 5.78 Å². The van der Waals surface area contributed by atoms with Gasteiger partial charge in [-0.3, -0.25) is 0 Å². The van der Waals surface area contributed by atoms with Crippen molar-refractivity contribution in [2.75, 3.05) is 34.2 Å². The van der Waals surface area contributed by atoms with Gasteiger partial charge in [0.2, 0.25) is 0 Å². The van der Waals surface area contributed by atoms with Crippen LogP contribution in [0.2, 0.25) is 0 Å². The standard InChI is InChI=1S/C22H35N7/c1-7-8-19(20-13-16(2)25-22-23-15-24-29(20)22)14-28(6)12-11-18-9-10-21(27(4)5)26-17(18)3/h13,15,19H,7-12,14H2,1-6H3. The zero-order valence-corrected chi connectivity index (χ0v) is 18.8. The van der Waals surface area contributed by atoms with Crippen LogP contribution in [0.15, 0.2) is 28.7 Å². The van der Waals surface area contributed by atoms with Gasteiger partial charge in [0.1, 0.15) is 12.2 Å². The Kier molecular flexibility index (Phi) is 7.00. The van der Waals surface area contributed by atoms with Crippen molar-refractivity contribution < 1.29 is 0 Å². The molecule has 0 aromatic carbocycles.